The van der Waals surface area contributed by atoms with E-state index >= 15 is 0 Å². The van der Waals surface area contributed by atoms with Crippen LogP contribution in [0.15, 0.2) is 97.1 Å². The predicted molar refractivity (Wildman–Crippen MR) is 144 cm³/mol. The SMILES string of the molecule is CC1(C)c2ccccc2-c2cccc(Nc3cccc4sc5c6ccccc6ccc5c34)c21. The van der Waals surface area contributed by atoms with Crippen molar-refractivity contribution in [3.63, 3.8) is 0 Å². The number of hydrogen-bond acceptors (Lipinski definition) is 2. The number of rotatable bonds is 2. The van der Waals surface area contributed by atoms with Crippen LogP contribution in [0.4, 0.5) is 11.4 Å². The number of anilines is 2. The number of benzene rings is 5. The van der Waals surface area contributed by atoms with Gasteiger partial charge in [0.25, 0.3) is 0 Å². The minimum atomic E-state index is -0.0453. The molecule has 0 aliphatic heterocycles. The highest BCUT2D eigenvalue weighted by molar-refractivity contribution is 7.26. The van der Waals surface area contributed by atoms with Crippen LogP contribution in [0.2, 0.25) is 0 Å². The lowest BCUT2D eigenvalue weighted by Crippen LogP contribution is -2.16. The van der Waals surface area contributed by atoms with E-state index in [-0.39, 0.29) is 5.41 Å². The predicted octanol–water partition coefficient (Wildman–Crippen LogP) is 9.26. The molecular weight excluding hydrogens is 418 g/mol. The van der Waals surface area contributed by atoms with Gasteiger partial charge in [-0.1, -0.05) is 92.7 Å². The minimum Gasteiger partial charge on any atom is -0.355 e. The molecule has 0 saturated carbocycles. The first-order valence-electron chi connectivity index (χ1n) is 11.5. The van der Waals surface area contributed by atoms with Crippen LogP contribution in [0.25, 0.3) is 42.1 Å². The lowest BCUT2D eigenvalue weighted by atomic mass is 9.81. The van der Waals surface area contributed by atoms with Crippen molar-refractivity contribution in [1.29, 1.82) is 0 Å². The average molecular weight is 442 g/mol. The molecule has 0 saturated heterocycles. The van der Waals surface area contributed by atoms with E-state index in [4.69, 9.17) is 0 Å². The summed E-state index contributed by atoms with van der Waals surface area (Å²) < 4.78 is 2.69. The Morgan fingerprint density at radius 3 is 2.33 bits per heavy atom. The average Bonchev–Trinajstić information content (AvgIpc) is 3.34. The Morgan fingerprint density at radius 1 is 0.636 bits per heavy atom. The monoisotopic (exact) mass is 441 g/mol. The van der Waals surface area contributed by atoms with E-state index in [0.717, 1.165) is 0 Å². The topological polar surface area (TPSA) is 12.0 Å². The van der Waals surface area contributed by atoms with Gasteiger partial charge in [-0.2, -0.15) is 0 Å². The fraction of sp³-hybridized carbons (Fsp3) is 0.0968. The van der Waals surface area contributed by atoms with Crippen molar-refractivity contribution in [2.45, 2.75) is 19.3 Å². The number of nitrogens with one attached hydrogen (secondary N) is 1. The molecule has 158 valence electrons. The van der Waals surface area contributed by atoms with Crippen molar-refractivity contribution in [1.82, 2.24) is 0 Å². The third-order valence-electron chi connectivity index (χ3n) is 7.24. The van der Waals surface area contributed by atoms with Gasteiger partial charge in [0.2, 0.25) is 0 Å². The van der Waals surface area contributed by atoms with Gasteiger partial charge in [-0.3, -0.25) is 0 Å². The lowest BCUT2D eigenvalue weighted by molar-refractivity contribution is 0.662. The Morgan fingerprint density at radius 2 is 1.39 bits per heavy atom. The van der Waals surface area contributed by atoms with Gasteiger partial charge in [0, 0.05) is 37.0 Å². The third-order valence-corrected chi connectivity index (χ3v) is 8.44. The Kier molecular flexibility index (Phi) is 3.83. The first-order valence-corrected chi connectivity index (χ1v) is 12.3. The second-order valence-corrected chi connectivity index (χ2v) is 10.5. The standard InChI is InChI=1S/C31H23NS/c1-31(2)24-13-6-5-11-21(24)22-12-7-15-26(29(22)31)32-25-14-8-16-27-28(25)23-18-17-19-9-3-4-10-20(19)30(23)33-27/h3-18,32H,1-2H3. The summed E-state index contributed by atoms with van der Waals surface area (Å²) in [7, 11) is 0. The highest BCUT2D eigenvalue weighted by Gasteiger charge is 2.37. The number of fused-ring (bicyclic) bond motifs is 8. The van der Waals surface area contributed by atoms with E-state index < -0.39 is 0 Å². The minimum absolute atomic E-state index is 0.0453. The first-order chi connectivity index (χ1) is 16.1. The van der Waals surface area contributed by atoms with Gasteiger partial charge in [0.05, 0.1) is 0 Å². The molecule has 0 amide bonds. The van der Waals surface area contributed by atoms with Crippen molar-refractivity contribution in [3.8, 4) is 11.1 Å². The maximum absolute atomic E-state index is 3.87. The molecule has 1 heterocycles. The zero-order valence-electron chi connectivity index (χ0n) is 18.6. The van der Waals surface area contributed by atoms with Crippen molar-refractivity contribution < 1.29 is 0 Å². The zero-order valence-corrected chi connectivity index (χ0v) is 19.5. The fourth-order valence-corrected chi connectivity index (χ4v) is 7.02. The van der Waals surface area contributed by atoms with E-state index in [9.17, 15) is 0 Å². The lowest BCUT2D eigenvalue weighted by Gasteiger charge is -2.25. The van der Waals surface area contributed by atoms with Gasteiger partial charge in [-0.25, -0.2) is 0 Å². The third kappa shape index (κ3) is 2.59. The molecule has 7 rings (SSSR count). The van der Waals surface area contributed by atoms with Crippen LogP contribution in [-0.2, 0) is 5.41 Å². The number of hydrogen-bond donors (Lipinski definition) is 1. The van der Waals surface area contributed by atoms with E-state index in [1.54, 1.807) is 0 Å². The molecule has 0 fully saturated rings. The van der Waals surface area contributed by atoms with E-state index in [2.05, 4.69) is 116 Å². The summed E-state index contributed by atoms with van der Waals surface area (Å²) in [4.78, 5) is 0. The van der Waals surface area contributed by atoms with Crippen molar-refractivity contribution in [2.75, 3.05) is 5.32 Å². The molecule has 1 aliphatic carbocycles. The molecule has 5 aromatic carbocycles. The molecule has 1 N–H and O–H groups in total. The summed E-state index contributed by atoms with van der Waals surface area (Å²) in [6.07, 6.45) is 0. The van der Waals surface area contributed by atoms with Gasteiger partial charge in [-0.15, -0.1) is 11.3 Å². The van der Waals surface area contributed by atoms with Gasteiger partial charge in [0.15, 0.2) is 0 Å². The van der Waals surface area contributed by atoms with Crippen LogP contribution in [-0.4, -0.2) is 0 Å². The Labute approximate surface area is 197 Å². The van der Waals surface area contributed by atoms with Crippen LogP contribution in [0.3, 0.4) is 0 Å². The van der Waals surface area contributed by atoms with Crippen LogP contribution in [0, 0.1) is 0 Å². The van der Waals surface area contributed by atoms with Gasteiger partial charge in [-0.05, 0) is 51.2 Å². The largest absolute Gasteiger partial charge is 0.355 e. The summed E-state index contributed by atoms with van der Waals surface area (Å²) in [6, 6.07) is 35.4. The molecule has 0 radical (unpaired) electrons. The quantitative estimate of drug-likeness (QED) is 0.282. The molecule has 0 spiro atoms. The zero-order chi connectivity index (χ0) is 22.2. The highest BCUT2D eigenvalue weighted by atomic mass is 32.1. The second-order valence-electron chi connectivity index (χ2n) is 9.47. The molecule has 2 heteroatoms. The van der Waals surface area contributed by atoms with Crippen LogP contribution < -0.4 is 5.32 Å². The number of thiophene rings is 1. The molecule has 0 atom stereocenters. The van der Waals surface area contributed by atoms with Gasteiger partial charge < -0.3 is 5.32 Å². The Balaban J connectivity index is 1.45. The Bertz CT molecular complexity index is 1720. The molecule has 1 aromatic heterocycles. The summed E-state index contributed by atoms with van der Waals surface area (Å²) in [5, 5.41) is 9.14. The van der Waals surface area contributed by atoms with E-state index in [1.807, 2.05) is 11.3 Å². The maximum atomic E-state index is 3.87. The maximum Gasteiger partial charge on any atom is 0.0478 e. The second kappa shape index (κ2) is 6.69. The first kappa shape index (κ1) is 18.9. The molecule has 1 nitrogen and oxygen atoms in total. The normalized spacial score (nSPS) is 14.0. The van der Waals surface area contributed by atoms with E-state index in [0.29, 0.717) is 0 Å². The molecule has 1 aliphatic rings. The van der Waals surface area contributed by atoms with Crippen LogP contribution >= 0.6 is 11.3 Å². The highest BCUT2D eigenvalue weighted by Crippen LogP contribution is 2.52. The summed E-state index contributed by atoms with van der Waals surface area (Å²) >= 11 is 1.89. The Hall–Kier alpha value is -3.62. The summed E-state index contributed by atoms with van der Waals surface area (Å²) in [6.45, 7) is 4.69. The molecule has 6 aromatic rings. The fourth-order valence-electron chi connectivity index (χ4n) is 5.75. The smallest absolute Gasteiger partial charge is 0.0478 e. The molecule has 33 heavy (non-hydrogen) atoms. The van der Waals surface area contributed by atoms with E-state index in [1.165, 1.54) is 64.6 Å². The van der Waals surface area contributed by atoms with Gasteiger partial charge in [0.1, 0.15) is 0 Å². The van der Waals surface area contributed by atoms with Crippen LogP contribution in [0.1, 0.15) is 25.0 Å². The van der Waals surface area contributed by atoms with Crippen molar-refractivity contribution in [3.05, 3.63) is 108 Å². The summed E-state index contributed by atoms with van der Waals surface area (Å²) in [5.41, 5.74) is 7.81. The van der Waals surface area contributed by atoms with Crippen LogP contribution in [0.5, 0.6) is 0 Å². The van der Waals surface area contributed by atoms with Crippen molar-refractivity contribution in [2.24, 2.45) is 0 Å². The molecular formula is C31H23NS. The molecule has 0 unspecified atom stereocenters. The summed E-state index contributed by atoms with van der Waals surface area (Å²) in [5.74, 6) is 0. The van der Waals surface area contributed by atoms with Crippen molar-refractivity contribution >= 4 is 53.7 Å². The van der Waals surface area contributed by atoms with Gasteiger partial charge >= 0.3 is 0 Å². The molecule has 0 bridgehead atoms.